The van der Waals surface area contributed by atoms with Crippen molar-refractivity contribution in [2.45, 2.75) is 49.5 Å². The summed E-state index contributed by atoms with van der Waals surface area (Å²) < 4.78 is 4.83. The monoisotopic (exact) mass is 338 g/mol. The number of hydrogen-bond acceptors (Lipinski definition) is 9. The number of carbonyl (C=O) groups is 2. The lowest BCUT2D eigenvalue weighted by Crippen LogP contribution is -2.68. The van der Waals surface area contributed by atoms with Crippen LogP contribution in [-0.4, -0.2) is 85.1 Å². The maximum Gasteiger partial charge on any atom is 0.364 e. The average Bonchev–Trinajstić information content (AvgIpc) is 2.46. The van der Waals surface area contributed by atoms with E-state index < -0.39 is 66.0 Å². The van der Waals surface area contributed by atoms with Crippen molar-refractivity contribution in [2.24, 2.45) is 0 Å². The summed E-state index contributed by atoms with van der Waals surface area (Å²) in [5.41, 5.74) is 0. The molecule has 23 heavy (non-hydrogen) atoms. The largest absolute Gasteiger partial charge is 0.477 e. The first-order valence-corrected chi connectivity index (χ1v) is 6.54. The van der Waals surface area contributed by atoms with Gasteiger partial charge in [-0.25, -0.2) is 4.79 Å². The van der Waals surface area contributed by atoms with Gasteiger partial charge in [0, 0.05) is 11.8 Å². The summed E-state index contributed by atoms with van der Waals surface area (Å²) in [5, 5.41) is 60.4. The Kier molecular flexibility index (Phi) is 5.96. The van der Waals surface area contributed by atoms with Gasteiger partial charge in [0.05, 0.1) is 13.0 Å². The highest BCUT2D eigenvalue weighted by Gasteiger charge is 2.58. The lowest BCUT2D eigenvalue weighted by Gasteiger charge is -2.42. The van der Waals surface area contributed by atoms with Gasteiger partial charge in [0.1, 0.15) is 24.4 Å². The van der Waals surface area contributed by atoms with Gasteiger partial charge in [0.2, 0.25) is 11.9 Å². The quantitative estimate of drug-likeness (QED) is 0.208. The molecule has 12 nitrogen and oxygen atoms in total. The average molecular weight is 338 g/mol. The predicted octanol–water partition coefficient (Wildman–Crippen LogP) is -3.59. The van der Waals surface area contributed by atoms with Gasteiger partial charge in [-0.05, 0) is 0 Å². The van der Waals surface area contributed by atoms with Gasteiger partial charge in [-0.1, -0.05) is 0 Å². The van der Waals surface area contributed by atoms with Crippen molar-refractivity contribution in [3.8, 4) is 0 Å². The molecule has 1 saturated heterocycles. The van der Waals surface area contributed by atoms with Crippen LogP contribution in [0.5, 0.6) is 0 Å². The Labute approximate surface area is 129 Å². The van der Waals surface area contributed by atoms with Gasteiger partial charge in [-0.3, -0.25) is 14.9 Å². The van der Waals surface area contributed by atoms with Crippen molar-refractivity contribution < 1.29 is 44.8 Å². The number of hydrogen-bond donors (Lipinski definition) is 6. The lowest BCUT2D eigenvalue weighted by atomic mass is 9.87. The Balaban J connectivity index is 3.27. The van der Waals surface area contributed by atoms with Crippen LogP contribution in [0.2, 0.25) is 0 Å². The molecular weight excluding hydrogens is 320 g/mol. The van der Waals surface area contributed by atoms with E-state index >= 15 is 0 Å². The van der Waals surface area contributed by atoms with Crippen molar-refractivity contribution in [3.05, 3.63) is 10.1 Å². The molecule has 0 aromatic carbocycles. The fourth-order valence-electron chi connectivity index (χ4n) is 2.34. The maximum absolute atomic E-state index is 11.2. The van der Waals surface area contributed by atoms with Crippen LogP contribution in [0.3, 0.4) is 0 Å². The summed E-state index contributed by atoms with van der Waals surface area (Å²) in [4.78, 5) is 32.6. The Morgan fingerprint density at radius 3 is 2.43 bits per heavy atom. The number of carboxylic acid groups (broad SMARTS) is 1. The minimum atomic E-state index is -2.99. The number of aliphatic hydroxyl groups is 4. The van der Waals surface area contributed by atoms with E-state index in [4.69, 9.17) is 14.9 Å². The molecule has 1 aliphatic rings. The number of nitro groups is 1. The van der Waals surface area contributed by atoms with Crippen LogP contribution in [0.25, 0.3) is 0 Å². The Morgan fingerprint density at radius 1 is 1.48 bits per heavy atom. The molecule has 1 amide bonds. The van der Waals surface area contributed by atoms with Gasteiger partial charge >= 0.3 is 5.97 Å². The molecule has 0 aliphatic carbocycles. The Morgan fingerprint density at radius 2 is 2.04 bits per heavy atom. The maximum atomic E-state index is 11.2. The molecule has 1 fully saturated rings. The first-order valence-electron chi connectivity index (χ1n) is 6.54. The molecule has 0 aromatic heterocycles. The minimum absolute atomic E-state index is 0.734. The molecule has 1 heterocycles. The summed E-state index contributed by atoms with van der Waals surface area (Å²) in [6.45, 7) is 0.0728. The smallest absolute Gasteiger partial charge is 0.364 e. The lowest BCUT2D eigenvalue weighted by molar-refractivity contribution is -0.545. The molecule has 6 atom stereocenters. The molecule has 0 unspecified atom stereocenters. The Bertz CT molecular complexity index is 485. The predicted molar refractivity (Wildman–Crippen MR) is 69.6 cm³/mol. The zero-order chi connectivity index (χ0) is 17.9. The third kappa shape index (κ3) is 4.11. The van der Waals surface area contributed by atoms with Gasteiger partial charge < -0.3 is 35.6 Å². The summed E-state index contributed by atoms with van der Waals surface area (Å²) in [6.07, 6.45) is -6.66. The van der Waals surface area contributed by atoms with E-state index in [2.05, 4.69) is 5.32 Å². The van der Waals surface area contributed by atoms with Crippen molar-refractivity contribution in [1.29, 1.82) is 0 Å². The molecular formula is C11H18N2O10. The number of nitrogens with zero attached hydrogens (tertiary/aromatic N) is 1. The highest BCUT2D eigenvalue weighted by atomic mass is 16.7. The van der Waals surface area contributed by atoms with Crippen molar-refractivity contribution in [2.75, 3.05) is 6.61 Å². The third-order valence-electron chi connectivity index (χ3n) is 3.48. The normalized spacial score (nSPS) is 33.5. The second-order valence-corrected chi connectivity index (χ2v) is 5.20. The minimum Gasteiger partial charge on any atom is -0.477 e. The van der Waals surface area contributed by atoms with Crippen molar-refractivity contribution in [3.63, 3.8) is 0 Å². The second kappa shape index (κ2) is 7.14. The fourth-order valence-corrected chi connectivity index (χ4v) is 2.34. The van der Waals surface area contributed by atoms with E-state index in [0.717, 1.165) is 6.92 Å². The molecule has 132 valence electrons. The van der Waals surface area contributed by atoms with E-state index in [1.54, 1.807) is 0 Å². The number of carboxylic acids is 1. The molecule has 0 spiro atoms. The Hall–Kier alpha value is -1.86. The molecule has 0 aromatic rings. The van der Waals surface area contributed by atoms with Gasteiger partial charge in [-0.2, -0.15) is 0 Å². The van der Waals surface area contributed by atoms with Crippen LogP contribution in [0.15, 0.2) is 0 Å². The van der Waals surface area contributed by atoms with Crippen LogP contribution in [0.4, 0.5) is 0 Å². The van der Waals surface area contributed by atoms with Gasteiger partial charge in [-0.15, -0.1) is 0 Å². The summed E-state index contributed by atoms with van der Waals surface area (Å²) >= 11 is 0. The molecule has 12 heteroatoms. The molecule has 0 bridgehead atoms. The number of aliphatic hydroxyl groups excluding tert-OH is 3. The molecule has 6 N–H and O–H groups in total. The highest BCUT2D eigenvalue weighted by molar-refractivity contribution is 5.76. The topological polar surface area (TPSA) is 200 Å². The first-order chi connectivity index (χ1) is 10.5. The van der Waals surface area contributed by atoms with Crippen molar-refractivity contribution >= 4 is 11.9 Å². The fraction of sp³-hybridized carbons (Fsp3) is 0.818. The summed E-state index contributed by atoms with van der Waals surface area (Å²) in [5.74, 6) is -5.66. The summed E-state index contributed by atoms with van der Waals surface area (Å²) in [6, 6.07) is -3.34. The van der Waals surface area contributed by atoms with E-state index in [0.29, 0.717) is 0 Å². The van der Waals surface area contributed by atoms with E-state index in [1.807, 2.05) is 0 Å². The van der Waals surface area contributed by atoms with E-state index in [9.17, 15) is 35.0 Å². The SMILES string of the molecule is CC(=O)N[C@H]1[C@H]([C@H](O)[C@H](O)CO)O[C@](O)(C(=O)O)C[C@@H]1[N+](=O)[O-]. The van der Waals surface area contributed by atoms with E-state index in [1.165, 1.54) is 0 Å². The number of nitrogens with one attached hydrogen (secondary N) is 1. The zero-order valence-corrected chi connectivity index (χ0v) is 12.0. The van der Waals surface area contributed by atoms with Crippen LogP contribution in [-0.2, 0) is 14.3 Å². The standard InChI is InChI=1S/C11H18N2O10/c1-4(15)12-7-5(13(21)22)2-11(20,10(18)19)23-9(7)8(17)6(16)3-14/h5-9,14,16-17,20H,2-3H2,1H3,(H,12,15)(H,18,19)/t5-,6+,7+,8+,9+,11-/m0/s1. The van der Waals surface area contributed by atoms with Crippen LogP contribution < -0.4 is 5.32 Å². The second-order valence-electron chi connectivity index (χ2n) is 5.20. The third-order valence-corrected chi connectivity index (χ3v) is 3.48. The number of amides is 1. The van der Waals surface area contributed by atoms with Crippen LogP contribution >= 0.6 is 0 Å². The zero-order valence-electron chi connectivity index (χ0n) is 12.0. The molecule has 1 aliphatic heterocycles. The number of rotatable bonds is 6. The van der Waals surface area contributed by atoms with Gasteiger partial charge in [0.25, 0.3) is 5.79 Å². The number of aliphatic carboxylic acids is 1. The highest BCUT2D eigenvalue weighted by Crippen LogP contribution is 2.31. The number of ether oxygens (including phenoxy) is 1. The molecule has 0 saturated carbocycles. The van der Waals surface area contributed by atoms with Gasteiger partial charge in [0.15, 0.2) is 0 Å². The first kappa shape index (κ1) is 19.2. The molecule has 0 radical (unpaired) electrons. The summed E-state index contributed by atoms with van der Waals surface area (Å²) in [7, 11) is 0. The van der Waals surface area contributed by atoms with Crippen LogP contribution in [0, 0.1) is 10.1 Å². The molecule has 1 rings (SSSR count). The van der Waals surface area contributed by atoms with Crippen molar-refractivity contribution in [1.82, 2.24) is 5.32 Å². The van der Waals surface area contributed by atoms with Crippen LogP contribution in [0.1, 0.15) is 13.3 Å². The van der Waals surface area contributed by atoms with E-state index in [-0.39, 0.29) is 0 Å². The number of carbonyl (C=O) groups excluding carboxylic acids is 1.